The Hall–Kier alpha value is -2.35. The number of carboxylic acid groups (broad SMARTS) is 1. The van der Waals surface area contributed by atoms with Crippen molar-refractivity contribution in [2.45, 2.75) is 13.5 Å². The number of nitrogens with zero attached hydrogens (tertiary/aromatic N) is 1. The second-order valence-corrected chi connectivity index (χ2v) is 5.15. The molecule has 0 spiro atoms. The molecular weight excluding hydrogens is 342 g/mol. The Morgan fingerprint density at radius 2 is 2.14 bits per heavy atom. The zero-order chi connectivity index (χ0) is 15.4. The Bertz CT molecular complexity index is 684. The van der Waals surface area contributed by atoms with E-state index in [1.807, 2.05) is 0 Å². The van der Waals surface area contributed by atoms with E-state index in [0.717, 1.165) is 0 Å². The van der Waals surface area contributed by atoms with Crippen LogP contribution in [-0.4, -0.2) is 22.3 Å². The molecule has 0 aliphatic carbocycles. The number of aromatic carboxylic acids is 1. The normalized spacial score (nSPS) is 10.2. The average Bonchev–Trinajstić information content (AvgIpc) is 2.84. The number of urea groups is 1. The molecule has 1 aromatic carbocycles. The highest BCUT2D eigenvalue weighted by molar-refractivity contribution is 9.10. The molecule has 1 heterocycles. The number of benzene rings is 1. The minimum absolute atomic E-state index is 0.00460. The predicted octanol–water partition coefficient (Wildman–Crippen LogP) is 2.77. The zero-order valence-electron chi connectivity index (χ0n) is 11.0. The lowest BCUT2D eigenvalue weighted by atomic mass is 10.2. The van der Waals surface area contributed by atoms with Crippen LogP contribution in [0.3, 0.4) is 0 Å². The molecule has 3 N–H and O–H groups in total. The Balaban J connectivity index is 2.01. The second-order valence-electron chi connectivity index (χ2n) is 4.24. The van der Waals surface area contributed by atoms with Gasteiger partial charge in [-0.3, -0.25) is 0 Å². The predicted molar refractivity (Wildman–Crippen MR) is 78.2 cm³/mol. The summed E-state index contributed by atoms with van der Waals surface area (Å²) in [6.45, 7) is 1.93. The number of anilines is 1. The first-order valence-electron chi connectivity index (χ1n) is 5.95. The van der Waals surface area contributed by atoms with E-state index in [2.05, 4.69) is 31.7 Å². The Kier molecular flexibility index (Phi) is 4.59. The van der Waals surface area contributed by atoms with Gasteiger partial charge in [0, 0.05) is 10.5 Å². The molecule has 2 rings (SSSR count). The number of carboxylic acids is 1. The average molecular weight is 354 g/mol. The van der Waals surface area contributed by atoms with Crippen LogP contribution in [0.4, 0.5) is 10.5 Å². The van der Waals surface area contributed by atoms with Gasteiger partial charge in [0.2, 0.25) is 0 Å². The van der Waals surface area contributed by atoms with Crippen LogP contribution in [0.2, 0.25) is 0 Å². The van der Waals surface area contributed by atoms with Crippen molar-refractivity contribution in [2.75, 3.05) is 5.32 Å². The minimum atomic E-state index is -1.13. The maximum Gasteiger partial charge on any atom is 0.337 e. The molecule has 1 aromatic heterocycles. The van der Waals surface area contributed by atoms with Gasteiger partial charge in [0.15, 0.2) is 5.76 Å². The molecule has 110 valence electrons. The highest BCUT2D eigenvalue weighted by atomic mass is 79.9. The Morgan fingerprint density at radius 3 is 2.76 bits per heavy atom. The van der Waals surface area contributed by atoms with Crippen LogP contribution in [0.15, 0.2) is 33.3 Å². The molecule has 2 amide bonds. The number of hydrogen-bond acceptors (Lipinski definition) is 4. The molecule has 0 radical (unpaired) electrons. The third-order valence-corrected chi connectivity index (χ3v) is 3.05. The molecule has 21 heavy (non-hydrogen) atoms. The molecule has 0 fully saturated rings. The fourth-order valence-corrected chi connectivity index (χ4v) is 2.00. The molecular formula is C13H12BrN3O4. The summed E-state index contributed by atoms with van der Waals surface area (Å²) in [6.07, 6.45) is 0. The van der Waals surface area contributed by atoms with Crippen LogP contribution in [0.5, 0.6) is 0 Å². The van der Waals surface area contributed by atoms with Crippen LogP contribution >= 0.6 is 15.9 Å². The third kappa shape index (κ3) is 4.06. The maximum absolute atomic E-state index is 11.8. The van der Waals surface area contributed by atoms with E-state index < -0.39 is 12.0 Å². The monoisotopic (exact) mass is 353 g/mol. The van der Waals surface area contributed by atoms with Crippen molar-refractivity contribution >= 4 is 33.6 Å². The highest BCUT2D eigenvalue weighted by Gasteiger charge is 2.13. The van der Waals surface area contributed by atoms with Crippen LogP contribution in [-0.2, 0) is 6.54 Å². The van der Waals surface area contributed by atoms with Crippen LogP contribution in [0.1, 0.15) is 21.8 Å². The van der Waals surface area contributed by atoms with Crippen molar-refractivity contribution in [1.29, 1.82) is 0 Å². The molecule has 0 aliphatic rings. The fourth-order valence-electron chi connectivity index (χ4n) is 1.64. The summed E-state index contributed by atoms with van der Waals surface area (Å²) < 4.78 is 5.56. The molecule has 7 nitrogen and oxygen atoms in total. The first kappa shape index (κ1) is 15.0. The van der Waals surface area contributed by atoms with Gasteiger partial charge < -0.3 is 20.3 Å². The number of aryl methyl sites for hydroxylation is 1. The summed E-state index contributed by atoms with van der Waals surface area (Å²) >= 11 is 3.18. The zero-order valence-corrected chi connectivity index (χ0v) is 12.6. The van der Waals surface area contributed by atoms with Crippen LogP contribution < -0.4 is 10.6 Å². The lowest BCUT2D eigenvalue weighted by molar-refractivity contribution is 0.0698. The van der Waals surface area contributed by atoms with Crippen molar-refractivity contribution in [3.8, 4) is 0 Å². The summed E-state index contributed by atoms with van der Waals surface area (Å²) in [6, 6.07) is 5.72. The summed E-state index contributed by atoms with van der Waals surface area (Å²) in [5, 5.41) is 17.8. The molecule has 2 aromatic rings. The van der Waals surface area contributed by atoms with Gasteiger partial charge in [0.25, 0.3) is 0 Å². The summed E-state index contributed by atoms with van der Waals surface area (Å²) in [7, 11) is 0. The van der Waals surface area contributed by atoms with Gasteiger partial charge in [-0.25, -0.2) is 9.59 Å². The second kappa shape index (κ2) is 6.40. The van der Waals surface area contributed by atoms with Crippen LogP contribution in [0.25, 0.3) is 0 Å². The van der Waals surface area contributed by atoms with Crippen molar-refractivity contribution in [1.82, 2.24) is 10.5 Å². The van der Waals surface area contributed by atoms with Crippen molar-refractivity contribution in [3.63, 3.8) is 0 Å². The number of nitrogens with one attached hydrogen (secondary N) is 2. The van der Waals surface area contributed by atoms with Gasteiger partial charge in [-0.05, 0) is 25.1 Å². The fraction of sp³-hybridized carbons (Fsp3) is 0.154. The number of carbonyl (C=O) groups is 2. The topological polar surface area (TPSA) is 104 Å². The summed E-state index contributed by atoms with van der Waals surface area (Å²) in [5.74, 6) is -0.616. The SMILES string of the molecule is Cc1cc(CNC(=O)Nc2ccc(Br)cc2C(=O)O)on1. The molecule has 0 saturated heterocycles. The van der Waals surface area contributed by atoms with E-state index in [-0.39, 0.29) is 17.8 Å². The van der Waals surface area contributed by atoms with E-state index in [1.54, 1.807) is 19.1 Å². The van der Waals surface area contributed by atoms with Crippen molar-refractivity contribution in [3.05, 3.63) is 45.8 Å². The standard InChI is InChI=1S/C13H12BrN3O4/c1-7-4-9(21-17-7)6-15-13(20)16-11-3-2-8(14)5-10(11)12(18)19/h2-5H,6H2,1H3,(H,18,19)(H2,15,16,20). The highest BCUT2D eigenvalue weighted by Crippen LogP contribution is 2.21. The van der Waals surface area contributed by atoms with E-state index >= 15 is 0 Å². The van der Waals surface area contributed by atoms with Crippen molar-refractivity contribution < 1.29 is 19.2 Å². The smallest absolute Gasteiger partial charge is 0.337 e. The summed E-state index contributed by atoms with van der Waals surface area (Å²) in [5.41, 5.74) is 0.917. The molecule has 0 atom stereocenters. The minimum Gasteiger partial charge on any atom is -0.478 e. The first-order chi connectivity index (χ1) is 9.95. The largest absolute Gasteiger partial charge is 0.478 e. The van der Waals surface area contributed by atoms with Gasteiger partial charge in [0.1, 0.15) is 0 Å². The van der Waals surface area contributed by atoms with E-state index in [0.29, 0.717) is 15.9 Å². The summed E-state index contributed by atoms with van der Waals surface area (Å²) in [4.78, 5) is 22.9. The molecule has 0 aliphatic heterocycles. The molecule has 0 saturated carbocycles. The van der Waals surface area contributed by atoms with Gasteiger partial charge in [-0.2, -0.15) is 0 Å². The number of halogens is 1. The van der Waals surface area contributed by atoms with E-state index in [9.17, 15) is 9.59 Å². The lowest BCUT2D eigenvalue weighted by Gasteiger charge is -2.09. The van der Waals surface area contributed by atoms with Gasteiger partial charge >= 0.3 is 12.0 Å². The lowest BCUT2D eigenvalue weighted by Crippen LogP contribution is -2.28. The molecule has 0 bridgehead atoms. The number of carbonyl (C=O) groups excluding carboxylic acids is 1. The molecule has 0 unspecified atom stereocenters. The van der Waals surface area contributed by atoms with Crippen LogP contribution in [0, 0.1) is 6.92 Å². The Labute approximate surface area is 128 Å². The van der Waals surface area contributed by atoms with E-state index in [4.69, 9.17) is 9.63 Å². The first-order valence-corrected chi connectivity index (χ1v) is 6.75. The third-order valence-electron chi connectivity index (χ3n) is 2.56. The van der Waals surface area contributed by atoms with Gasteiger partial charge in [-0.15, -0.1) is 0 Å². The Morgan fingerprint density at radius 1 is 1.38 bits per heavy atom. The number of rotatable bonds is 4. The van der Waals surface area contributed by atoms with Gasteiger partial charge in [0.05, 0.1) is 23.5 Å². The van der Waals surface area contributed by atoms with Gasteiger partial charge in [-0.1, -0.05) is 21.1 Å². The maximum atomic E-state index is 11.8. The number of aromatic nitrogens is 1. The number of amides is 2. The van der Waals surface area contributed by atoms with Crippen molar-refractivity contribution in [2.24, 2.45) is 0 Å². The number of hydrogen-bond donors (Lipinski definition) is 3. The quantitative estimate of drug-likeness (QED) is 0.783. The molecule has 8 heteroatoms. The van der Waals surface area contributed by atoms with E-state index in [1.165, 1.54) is 12.1 Å².